The molecule has 0 aliphatic heterocycles. The van der Waals surface area contributed by atoms with E-state index in [0.717, 1.165) is 24.2 Å². The molecule has 5 heteroatoms. The van der Waals surface area contributed by atoms with Crippen LogP contribution in [0.25, 0.3) is 0 Å². The quantitative estimate of drug-likeness (QED) is 0.902. The minimum Gasteiger partial charge on any atom is -0.319 e. The Bertz CT molecular complexity index is 536. The summed E-state index contributed by atoms with van der Waals surface area (Å²) in [6, 6.07) is 4.53. The van der Waals surface area contributed by atoms with E-state index >= 15 is 0 Å². The molecule has 0 fully saturated rings. The van der Waals surface area contributed by atoms with E-state index in [9.17, 15) is 4.39 Å². The van der Waals surface area contributed by atoms with Gasteiger partial charge in [-0.25, -0.2) is 9.07 Å². The molecule has 4 nitrogen and oxygen atoms in total. The van der Waals surface area contributed by atoms with Crippen LogP contribution in [-0.4, -0.2) is 15.0 Å². The third kappa shape index (κ3) is 2.41. The zero-order chi connectivity index (χ0) is 13.1. The van der Waals surface area contributed by atoms with Gasteiger partial charge in [-0.2, -0.15) is 0 Å². The highest BCUT2D eigenvalue weighted by Gasteiger charge is 2.18. The van der Waals surface area contributed by atoms with Crippen LogP contribution in [0.3, 0.4) is 0 Å². The number of hydrogen-bond donors (Lipinski definition) is 1. The van der Waals surface area contributed by atoms with E-state index in [1.165, 1.54) is 6.07 Å². The third-order valence-corrected chi connectivity index (χ3v) is 2.89. The van der Waals surface area contributed by atoms with Gasteiger partial charge in [0.15, 0.2) is 0 Å². The Morgan fingerprint density at radius 1 is 1.44 bits per heavy atom. The second-order valence-corrected chi connectivity index (χ2v) is 4.38. The van der Waals surface area contributed by atoms with Crippen LogP contribution in [0.5, 0.6) is 0 Å². The van der Waals surface area contributed by atoms with E-state index in [0.29, 0.717) is 5.56 Å². The number of aryl methyl sites for hydroxylation is 2. The molecule has 0 amide bonds. The number of halogens is 1. The molecular formula is C13H17FN4. The molecule has 1 heterocycles. The van der Waals surface area contributed by atoms with E-state index in [1.807, 2.05) is 19.9 Å². The van der Waals surface area contributed by atoms with Gasteiger partial charge in [0.25, 0.3) is 0 Å². The Hall–Kier alpha value is -1.75. The third-order valence-electron chi connectivity index (χ3n) is 2.89. The van der Waals surface area contributed by atoms with Crippen LogP contribution in [0.2, 0.25) is 0 Å². The number of rotatable bonds is 4. The lowest BCUT2D eigenvalue weighted by atomic mass is 10.0. The second kappa shape index (κ2) is 5.27. The lowest BCUT2D eigenvalue weighted by Crippen LogP contribution is -2.18. The number of benzene rings is 1. The van der Waals surface area contributed by atoms with Gasteiger partial charge in [-0.05, 0) is 25.0 Å². The molecule has 0 saturated carbocycles. The second-order valence-electron chi connectivity index (χ2n) is 4.38. The summed E-state index contributed by atoms with van der Waals surface area (Å²) in [5.41, 5.74) is 8.19. The number of hydrogen-bond acceptors (Lipinski definition) is 3. The first-order valence-electron chi connectivity index (χ1n) is 6.03. The summed E-state index contributed by atoms with van der Waals surface area (Å²) in [6.07, 6.45) is 2.53. The monoisotopic (exact) mass is 248 g/mol. The number of aromatic nitrogens is 3. The van der Waals surface area contributed by atoms with Gasteiger partial charge in [-0.15, -0.1) is 5.10 Å². The summed E-state index contributed by atoms with van der Waals surface area (Å²) in [5, 5.41) is 7.81. The lowest BCUT2D eigenvalue weighted by molar-refractivity contribution is 0.533. The van der Waals surface area contributed by atoms with E-state index < -0.39 is 6.04 Å². The van der Waals surface area contributed by atoms with E-state index in [1.54, 1.807) is 16.9 Å². The van der Waals surface area contributed by atoms with Crippen molar-refractivity contribution < 1.29 is 4.39 Å². The molecule has 0 radical (unpaired) electrons. The van der Waals surface area contributed by atoms with Crippen molar-refractivity contribution in [3.05, 3.63) is 47.0 Å². The summed E-state index contributed by atoms with van der Waals surface area (Å²) in [6.45, 7) is 4.63. The van der Waals surface area contributed by atoms with Gasteiger partial charge >= 0.3 is 0 Å². The molecule has 0 aliphatic rings. The van der Waals surface area contributed by atoms with Crippen molar-refractivity contribution in [2.24, 2.45) is 5.73 Å². The molecule has 2 rings (SSSR count). The lowest BCUT2D eigenvalue weighted by Gasteiger charge is -2.14. The maximum atomic E-state index is 13.9. The van der Waals surface area contributed by atoms with Gasteiger partial charge in [0.05, 0.1) is 17.9 Å². The fourth-order valence-electron chi connectivity index (χ4n) is 1.94. The van der Waals surface area contributed by atoms with Gasteiger partial charge in [-0.3, -0.25) is 0 Å². The largest absolute Gasteiger partial charge is 0.319 e. The summed E-state index contributed by atoms with van der Waals surface area (Å²) >= 11 is 0. The van der Waals surface area contributed by atoms with Crippen molar-refractivity contribution >= 4 is 0 Å². The molecule has 1 atom stereocenters. The van der Waals surface area contributed by atoms with Crippen LogP contribution in [0.15, 0.2) is 24.4 Å². The van der Waals surface area contributed by atoms with Gasteiger partial charge in [-0.1, -0.05) is 24.3 Å². The number of nitrogens with two attached hydrogens (primary N) is 1. The predicted molar refractivity (Wildman–Crippen MR) is 67.5 cm³/mol. The van der Waals surface area contributed by atoms with E-state index in [2.05, 4.69) is 10.3 Å². The van der Waals surface area contributed by atoms with Gasteiger partial charge < -0.3 is 5.73 Å². The highest BCUT2D eigenvalue weighted by atomic mass is 19.1. The van der Waals surface area contributed by atoms with Crippen molar-refractivity contribution in [3.8, 4) is 0 Å². The molecular weight excluding hydrogens is 231 g/mol. The fraction of sp³-hybridized carbons (Fsp3) is 0.385. The van der Waals surface area contributed by atoms with Crippen LogP contribution < -0.4 is 5.73 Å². The molecule has 1 aromatic carbocycles. The highest BCUT2D eigenvalue weighted by molar-refractivity contribution is 5.30. The first-order valence-corrected chi connectivity index (χ1v) is 6.03. The van der Waals surface area contributed by atoms with Crippen molar-refractivity contribution in [2.75, 3.05) is 0 Å². The van der Waals surface area contributed by atoms with Gasteiger partial charge in [0.2, 0.25) is 0 Å². The van der Waals surface area contributed by atoms with Gasteiger partial charge in [0.1, 0.15) is 5.82 Å². The topological polar surface area (TPSA) is 56.7 Å². The molecule has 0 bridgehead atoms. The smallest absolute Gasteiger partial charge is 0.128 e. The van der Waals surface area contributed by atoms with Crippen LogP contribution >= 0.6 is 0 Å². The Morgan fingerprint density at radius 2 is 2.22 bits per heavy atom. The molecule has 0 spiro atoms. The summed E-state index contributed by atoms with van der Waals surface area (Å²) in [5.74, 6) is -0.285. The first-order chi connectivity index (χ1) is 8.63. The standard InChI is InChI=1S/C13H17FN4/c1-3-6-18-12(8-16-17-18)13(15)10-5-4-9(2)7-11(10)14/h4-5,7-8,13H,3,6,15H2,1-2H3. The maximum absolute atomic E-state index is 13.9. The van der Waals surface area contributed by atoms with Crippen LogP contribution in [0, 0.1) is 12.7 Å². The van der Waals surface area contributed by atoms with Gasteiger partial charge in [0, 0.05) is 12.1 Å². The fourth-order valence-corrected chi connectivity index (χ4v) is 1.94. The van der Waals surface area contributed by atoms with E-state index in [-0.39, 0.29) is 5.82 Å². The minimum absolute atomic E-state index is 0.285. The summed E-state index contributed by atoms with van der Waals surface area (Å²) in [7, 11) is 0. The zero-order valence-corrected chi connectivity index (χ0v) is 10.6. The number of nitrogens with zero attached hydrogens (tertiary/aromatic N) is 3. The minimum atomic E-state index is -0.535. The summed E-state index contributed by atoms with van der Waals surface area (Å²) < 4.78 is 15.6. The Labute approximate surface area is 106 Å². The van der Waals surface area contributed by atoms with Crippen LogP contribution in [-0.2, 0) is 6.54 Å². The van der Waals surface area contributed by atoms with E-state index in [4.69, 9.17) is 5.73 Å². The Balaban J connectivity index is 2.35. The van der Waals surface area contributed by atoms with Crippen molar-refractivity contribution in [1.29, 1.82) is 0 Å². The van der Waals surface area contributed by atoms with Crippen molar-refractivity contribution in [3.63, 3.8) is 0 Å². The summed E-state index contributed by atoms with van der Waals surface area (Å²) in [4.78, 5) is 0. The molecule has 96 valence electrons. The molecule has 18 heavy (non-hydrogen) atoms. The highest BCUT2D eigenvalue weighted by Crippen LogP contribution is 2.22. The zero-order valence-electron chi connectivity index (χ0n) is 10.6. The molecule has 0 saturated heterocycles. The molecule has 2 N–H and O–H groups in total. The molecule has 0 aliphatic carbocycles. The molecule has 2 aromatic rings. The van der Waals surface area contributed by atoms with Crippen LogP contribution in [0.4, 0.5) is 4.39 Å². The van der Waals surface area contributed by atoms with Crippen molar-refractivity contribution in [2.45, 2.75) is 32.9 Å². The Kier molecular flexibility index (Phi) is 3.72. The van der Waals surface area contributed by atoms with Crippen LogP contribution in [0.1, 0.15) is 36.2 Å². The average Bonchev–Trinajstić information content (AvgIpc) is 2.77. The maximum Gasteiger partial charge on any atom is 0.128 e. The molecule has 1 aromatic heterocycles. The Morgan fingerprint density at radius 3 is 2.89 bits per heavy atom. The predicted octanol–water partition coefficient (Wildman–Crippen LogP) is 2.18. The molecule has 1 unspecified atom stereocenters. The normalized spacial score (nSPS) is 12.7. The first kappa shape index (κ1) is 12.7. The van der Waals surface area contributed by atoms with Crippen molar-refractivity contribution in [1.82, 2.24) is 15.0 Å². The SMILES string of the molecule is CCCn1nncc1C(N)c1ccc(C)cc1F. The average molecular weight is 248 g/mol.